The number of nitrogens with one attached hydrogen (secondary N) is 1. The molecule has 1 aliphatic rings. The van der Waals surface area contributed by atoms with Gasteiger partial charge in [0.1, 0.15) is 10.8 Å². The first-order valence-corrected chi connectivity index (χ1v) is 11.5. The summed E-state index contributed by atoms with van der Waals surface area (Å²) in [5.41, 5.74) is 6.73. The molecule has 3 rings (SSSR count). The van der Waals surface area contributed by atoms with Crippen LogP contribution in [0.2, 0.25) is 0 Å². The number of halogens is 1. The number of sulfone groups is 1. The Bertz CT molecular complexity index is 990. The van der Waals surface area contributed by atoms with E-state index in [4.69, 9.17) is 5.73 Å². The highest BCUT2D eigenvalue weighted by atomic mass is 35.5. The molecule has 0 spiro atoms. The van der Waals surface area contributed by atoms with E-state index in [0.29, 0.717) is 23.5 Å². The second-order valence-electron chi connectivity index (χ2n) is 6.72. The Labute approximate surface area is 180 Å². The number of nitrogens with two attached hydrogens (primary N) is 1. The lowest BCUT2D eigenvalue weighted by Gasteiger charge is -2.26. The van der Waals surface area contributed by atoms with Crippen LogP contribution in [-0.4, -0.2) is 44.0 Å². The van der Waals surface area contributed by atoms with Gasteiger partial charge < -0.3 is 11.1 Å². The molecule has 158 valence electrons. The molecule has 1 aromatic carbocycles. The van der Waals surface area contributed by atoms with Gasteiger partial charge in [0.15, 0.2) is 9.84 Å². The highest BCUT2D eigenvalue weighted by Crippen LogP contribution is 2.37. The molecule has 1 aliphatic heterocycles. The molecule has 0 atom stereocenters. The largest absolute Gasteiger partial charge is 0.365 e. The summed E-state index contributed by atoms with van der Waals surface area (Å²) in [6.45, 7) is 4.60. The molecule has 0 radical (unpaired) electrons. The first kappa shape index (κ1) is 23.3. The summed E-state index contributed by atoms with van der Waals surface area (Å²) in [6, 6.07) is 7.81. The number of rotatable bonds is 7. The third-order valence-electron chi connectivity index (χ3n) is 4.60. The average Bonchev–Trinajstić information content (AvgIpc) is 2.99. The van der Waals surface area contributed by atoms with Crippen LogP contribution in [0.3, 0.4) is 0 Å². The van der Waals surface area contributed by atoms with Gasteiger partial charge in [-0.25, -0.2) is 8.42 Å². The van der Waals surface area contributed by atoms with Crippen molar-refractivity contribution in [3.8, 4) is 0 Å². The molecule has 7 nitrogen and oxygen atoms in total. The van der Waals surface area contributed by atoms with E-state index >= 15 is 0 Å². The van der Waals surface area contributed by atoms with E-state index in [1.54, 1.807) is 18.2 Å². The van der Waals surface area contributed by atoms with Crippen LogP contribution < -0.4 is 11.1 Å². The number of amides is 2. The maximum absolute atomic E-state index is 12.4. The smallest absolute Gasteiger partial charge is 0.251 e. The molecule has 0 aliphatic carbocycles. The zero-order chi connectivity index (χ0) is 20.3. The van der Waals surface area contributed by atoms with E-state index in [1.165, 1.54) is 23.5 Å². The minimum Gasteiger partial charge on any atom is -0.365 e. The molecule has 2 heterocycles. The number of carbonyl (C=O) groups excluding carboxylic acids is 2. The Balaban J connectivity index is 0.00000300. The van der Waals surface area contributed by atoms with Crippen molar-refractivity contribution in [2.75, 3.05) is 24.2 Å². The maximum atomic E-state index is 12.4. The lowest BCUT2D eigenvalue weighted by molar-refractivity contribution is -0.113. The van der Waals surface area contributed by atoms with Crippen molar-refractivity contribution >= 4 is 50.4 Å². The van der Waals surface area contributed by atoms with Gasteiger partial charge >= 0.3 is 0 Å². The number of benzene rings is 1. The fourth-order valence-electron chi connectivity index (χ4n) is 3.36. The number of nitrogens with zero attached hydrogens (tertiary/aromatic N) is 1. The first-order valence-electron chi connectivity index (χ1n) is 9.06. The van der Waals surface area contributed by atoms with Crippen LogP contribution in [0.25, 0.3) is 0 Å². The molecule has 29 heavy (non-hydrogen) atoms. The number of thiophene rings is 1. The standard InChI is InChI=1S/C19H23N3O4S2.ClH/c1-2-9-22-10-8-14-15(11-22)27-19(17(14)18(20)24)21-16(23)12-28(25,26)13-6-4-3-5-7-13;/h3-7H,2,8-12H2,1H3,(H2,20,24)(H,21,23);1H. The lowest BCUT2D eigenvalue weighted by Crippen LogP contribution is -2.31. The summed E-state index contributed by atoms with van der Waals surface area (Å²) >= 11 is 1.30. The van der Waals surface area contributed by atoms with Gasteiger partial charge in [0, 0.05) is 18.0 Å². The molecule has 3 N–H and O–H groups in total. The number of fused-ring (bicyclic) bond motifs is 1. The number of hydrogen-bond donors (Lipinski definition) is 2. The van der Waals surface area contributed by atoms with Crippen LogP contribution in [0.4, 0.5) is 5.00 Å². The van der Waals surface area contributed by atoms with Crippen molar-refractivity contribution in [2.24, 2.45) is 5.73 Å². The van der Waals surface area contributed by atoms with Crippen LogP contribution in [0.5, 0.6) is 0 Å². The maximum Gasteiger partial charge on any atom is 0.251 e. The monoisotopic (exact) mass is 457 g/mol. The summed E-state index contributed by atoms with van der Waals surface area (Å²) in [7, 11) is -3.76. The molecular weight excluding hydrogens is 434 g/mol. The molecule has 0 bridgehead atoms. The van der Waals surface area contributed by atoms with E-state index in [0.717, 1.165) is 30.0 Å². The quantitative estimate of drug-likeness (QED) is 0.663. The number of carbonyl (C=O) groups is 2. The fraction of sp³-hybridized carbons (Fsp3) is 0.368. The van der Waals surface area contributed by atoms with E-state index in [1.807, 2.05) is 0 Å². The second kappa shape index (κ2) is 9.71. The average molecular weight is 458 g/mol. The van der Waals surface area contributed by atoms with Crippen molar-refractivity contribution in [1.82, 2.24) is 4.90 Å². The fourth-order valence-corrected chi connectivity index (χ4v) is 5.83. The number of hydrogen-bond acceptors (Lipinski definition) is 6. The molecule has 2 amide bonds. The van der Waals surface area contributed by atoms with Crippen LogP contribution in [0, 0.1) is 0 Å². The molecule has 10 heteroatoms. The predicted octanol–water partition coefficient (Wildman–Crippen LogP) is 2.45. The Morgan fingerprint density at radius 1 is 1.24 bits per heavy atom. The topological polar surface area (TPSA) is 110 Å². The van der Waals surface area contributed by atoms with Crippen molar-refractivity contribution in [2.45, 2.75) is 31.2 Å². The molecule has 0 unspecified atom stereocenters. The highest BCUT2D eigenvalue weighted by molar-refractivity contribution is 7.92. The summed E-state index contributed by atoms with van der Waals surface area (Å²) in [6.07, 6.45) is 1.71. The third kappa shape index (κ3) is 5.36. The van der Waals surface area contributed by atoms with Crippen LogP contribution in [-0.2, 0) is 27.6 Å². The summed E-state index contributed by atoms with van der Waals surface area (Å²) in [5.74, 6) is -1.99. The molecule has 0 saturated heterocycles. The van der Waals surface area contributed by atoms with Gasteiger partial charge in [-0.3, -0.25) is 14.5 Å². The summed E-state index contributed by atoms with van der Waals surface area (Å²) in [5, 5.41) is 2.94. The second-order valence-corrected chi connectivity index (χ2v) is 9.81. The number of anilines is 1. The zero-order valence-corrected chi connectivity index (χ0v) is 18.5. The Hall–Kier alpha value is -1.94. The van der Waals surface area contributed by atoms with Gasteiger partial charge in [0.05, 0.1) is 10.5 Å². The van der Waals surface area contributed by atoms with Gasteiger partial charge in [-0.1, -0.05) is 25.1 Å². The Kier molecular flexibility index (Phi) is 7.81. The van der Waals surface area contributed by atoms with Crippen LogP contribution >= 0.6 is 23.7 Å². The normalized spacial score (nSPS) is 14.0. The van der Waals surface area contributed by atoms with E-state index in [-0.39, 0.29) is 17.3 Å². The van der Waals surface area contributed by atoms with Gasteiger partial charge in [0.2, 0.25) is 5.91 Å². The Morgan fingerprint density at radius 2 is 1.93 bits per heavy atom. The predicted molar refractivity (Wildman–Crippen MR) is 116 cm³/mol. The van der Waals surface area contributed by atoms with Gasteiger partial charge in [-0.15, -0.1) is 23.7 Å². The molecule has 1 aromatic heterocycles. The SMILES string of the molecule is CCCN1CCc2c(sc(NC(=O)CS(=O)(=O)c3ccccc3)c2C(N)=O)C1.Cl. The molecular formula is C19H24ClN3O4S2. The molecule has 0 saturated carbocycles. The van der Waals surface area contributed by atoms with Gasteiger partial charge in [-0.05, 0) is 37.1 Å². The molecule has 0 fully saturated rings. The van der Waals surface area contributed by atoms with Crippen molar-refractivity contribution in [3.63, 3.8) is 0 Å². The van der Waals surface area contributed by atoms with E-state index in [2.05, 4.69) is 17.1 Å². The van der Waals surface area contributed by atoms with Gasteiger partial charge in [0.25, 0.3) is 5.91 Å². The zero-order valence-electron chi connectivity index (χ0n) is 16.0. The van der Waals surface area contributed by atoms with Gasteiger partial charge in [-0.2, -0.15) is 0 Å². The van der Waals surface area contributed by atoms with Crippen molar-refractivity contribution in [3.05, 3.63) is 46.3 Å². The minimum absolute atomic E-state index is 0. The van der Waals surface area contributed by atoms with Crippen molar-refractivity contribution < 1.29 is 18.0 Å². The third-order valence-corrected chi connectivity index (χ3v) is 7.36. The first-order chi connectivity index (χ1) is 13.3. The highest BCUT2D eigenvalue weighted by Gasteiger charge is 2.28. The van der Waals surface area contributed by atoms with E-state index in [9.17, 15) is 18.0 Å². The lowest BCUT2D eigenvalue weighted by atomic mass is 10.0. The summed E-state index contributed by atoms with van der Waals surface area (Å²) in [4.78, 5) is 27.8. The minimum atomic E-state index is -3.76. The number of primary amides is 1. The van der Waals surface area contributed by atoms with E-state index < -0.39 is 27.4 Å². The Morgan fingerprint density at radius 3 is 2.55 bits per heavy atom. The van der Waals surface area contributed by atoms with Crippen molar-refractivity contribution in [1.29, 1.82) is 0 Å². The van der Waals surface area contributed by atoms with Crippen LogP contribution in [0.15, 0.2) is 35.2 Å². The summed E-state index contributed by atoms with van der Waals surface area (Å²) < 4.78 is 24.8. The van der Waals surface area contributed by atoms with Crippen LogP contribution in [0.1, 0.15) is 34.1 Å². The molecule has 2 aromatic rings.